The summed E-state index contributed by atoms with van der Waals surface area (Å²) in [5.74, 6) is 0.494. The quantitative estimate of drug-likeness (QED) is 0.851. The zero-order valence-corrected chi connectivity index (χ0v) is 10.1. The van der Waals surface area contributed by atoms with Crippen LogP contribution in [0.1, 0.15) is 18.0 Å². The highest BCUT2D eigenvalue weighted by molar-refractivity contribution is 14.1. The molecule has 0 bridgehead atoms. The zero-order chi connectivity index (χ0) is 9.97. The van der Waals surface area contributed by atoms with Crippen LogP contribution in [0.15, 0.2) is 24.3 Å². The monoisotopic (exact) mass is 303 g/mol. The lowest BCUT2D eigenvalue weighted by molar-refractivity contribution is 0.181. The van der Waals surface area contributed by atoms with Gasteiger partial charge < -0.3 is 10.5 Å². The van der Waals surface area contributed by atoms with Gasteiger partial charge in [0.1, 0.15) is 0 Å². The minimum absolute atomic E-state index is 0.132. The van der Waals surface area contributed by atoms with Crippen LogP contribution in [0, 0.1) is 9.49 Å². The molecule has 2 N–H and O–H groups in total. The molecule has 1 heterocycles. The Hall–Kier alpha value is -0.130. The van der Waals surface area contributed by atoms with Gasteiger partial charge in [-0.05, 0) is 46.7 Å². The predicted octanol–water partition coefficient (Wildman–Crippen LogP) is 2.33. The fourth-order valence-electron chi connectivity index (χ4n) is 1.82. The van der Waals surface area contributed by atoms with Crippen LogP contribution in [0.4, 0.5) is 0 Å². The Morgan fingerprint density at radius 3 is 3.00 bits per heavy atom. The summed E-state index contributed by atoms with van der Waals surface area (Å²) < 4.78 is 6.59. The van der Waals surface area contributed by atoms with E-state index in [0.717, 1.165) is 19.6 Å². The van der Waals surface area contributed by atoms with Gasteiger partial charge in [-0.15, -0.1) is 0 Å². The van der Waals surface area contributed by atoms with Gasteiger partial charge in [0, 0.05) is 22.1 Å². The van der Waals surface area contributed by atoms with Gasteiger partial charge in [-0.3, -0.25) is 0 Å². The number of halogens is 1. The van der Waals surface area contributed by atoms with Crippen molar-refractivity contribution in [2.75, 3.05) is 13.2 Å². The molecule has 1 aliphatic heterocycles. The largest absolute Gasteiger partial charge is 0.381 e. The normalized spacial score (nSPS) is 23.7. The summed E-state index contributed by atoms with van der Waals surface area (Å²) in [6, 6.07) is 8.54. The van der Waals surface area contributed by atoms with E-state index in [4.69, 9.17) is 10.5 Å². The highest BCUT2D eigenvalue weighted by Gasteiger charge is 2.23. The van der Waals surface area contributed by atoms with E-state index >= 15 is 0 Å². The van der Waals surface area contributed by atoms with Crippen molar-refractivity contribution >= 4 is 22.6 Å². The summed E-state index contributed by atoms with van der Waals surface area (Å²) in [6.07, 6.45) is 1.09. The van der Waals surface area contributed by atoms with Crippen LogP contribution < -0.4 is 5.73 Å². The molecule has 1 aliphatic rings. The highest BCUT2D eigenvalue weighted by atomic mass is 127. The Labute approximate surface area is 98.0 Å². The molecule has 76 valence electrons. The summed E-state index contributed by atoms with van der Waals surface area (Å²) in [5.41, 5.74) is 7.41. The molecule has 2 unspecified atom stereocenters. The van der Waals surface area contributed by atoms with Gasteiger partial charge in [0.25, 0.3) is 0 Å². The highest BCUT2D eigenvalue weighted by Crippen LogP contribution is 2.27. The molecule has 0 spiro atoms. The molecule has 2 rings (SSSR count). The van der Waals surface area contributed by atoms with E-state index in [1.807, 2.05) is 0 Å². The van der Waals surface area contributed by atoms with Crippen molar-refractivity contribution in [3.63, 3.8) is 0 Å². The first-order chi connectivity index (χ1) is 6.77. The van der Waals surface area contributed by atoms with Crippen molar-refractivity contribution in [3.05, 3.63) is 33.4 Å². The van der Waals surface area contributed by atoms with E-state index in [1.54, 1.807) is 0 Å². The van der Waals surface area contributed by atoms with Gasteiger partial charge in [-0.25, -0.2) is 0 Å². The van der Waals surface area contributed by atoms with Gasteiger partial charge in [0.05, 0.1) is 6.61 Å². The molecule has 0 aromatic heterocycles. The fraction of sp³-hybridized carbons (Fsp3) is 0.455. The van der Waals surface area contributed by atoms with Crippen LogP contribution in [0.25, 0.3) is 0 Å². The molecular weight excluding hydrogens is 289 g/mol. The first-order valence-electron chi connectivity index (χ1n) is 4.86. The van der Waals surface area contributed by atoms with Crippen LogP contribution in [0.2, 0.25) is 0 Å². The van der Waals surface area contributed by atoms with Crippen LogP contribution >= 0.6 is 22.6 Å². The molecule has 3 heteroatoms. The SMILES string of the molecule is NC(c1cccc(I)c1)C1CCOC1. The van der Waals surface area contributed by atoms with Gasteiger partial charge in [0.2, 0.25) is 0 Å². The molecule has 1 aromatic carbocycles. The van der Waals surface area contributed by atoms with Crippen LogP contribution in [0.5, 0.6) is 0 Å². The summed E-state index contributed by atoms with van der Waals surface area (Å²) in [5, 5.41) is 0. The van der Waals surface area contributed by atoms with Crippen molar-refractivity contribution in [1.29, 1.82) is 0 Å². The Balaban J connectivity index is 2.13. The molecule has 2 nitrogen and oxygen atoms in total. The predicted molar refractivity (Wildman–Crippen MR) is 65.0 cm³/mol. The van der Waals surface area contributed by atoms with Crippen LogP contribution in [-0.2, 0) is 4.74 Å². The number of rotatable bonds is 2. The summed E-state index contributed by atoms with van der Waals surface area (Å²) in [4.78, 5) is 0. The first kappa shape index (κ1) is 10.4. The maximum absolute atomic E-state index is 6.19. The third kappa shape index (κ3) is 2.27. The standard InChI is InChI=1S/C11H14INO/c12-10-3-1-2-8(6-10)11(13)9-4-5-14-7-9/h1-3,6,9,11H,4-5,7,13H2. The average molecular weight is 303 g/mol. The van der Waals surface area contributed by atoms with Gasteiger partial charge >= 0.3 is 0 Å². The molecule has 0 aliphatic carbocycles. The van der Waals surface area contributed by atoms with E-state index in [0.29, 0.717) is 5.92 Å². The molecule has 2 atom stereocenters. The third-order valence-electron chi connectivity index (χ3n) is 2.71. The zero-order valence-electron chi connectivity index (χ0n) is 7.95. The molecular formula is C11H14INO. The fourth-order valence-corrected chi connectivity index (χ4v) is 2.39. The van der Waals surface area contributed by atoms with Crippen molar-refractivity contribution in [2.24, 2.45) is 11.7 Å². The molecule has 1 saturated heterocycles. The van der Waals surface area contributed by atoms with E-state index in [2.05, 4.69) is 46.9 Å². The summed E-state index contributed by atoms with van der Waals surface area (Å²) in [7, 11) is 0. The maximum atomic E-state index is 6.19. The molecule has 1 fully saturated rings. The Bertz CT molecular complexity index is 310. The Morgan fingerprint density at radius 2 is 2.36 bits per heavy atom. The van der Waals surface area contributed by atoms with Gasteiger partial charge in [-0.1, -0.05) is 12.1 Å². The maximum Gasteiger partial charge on any atom is 0.0513 e. The average Bonchev–Trinajstić information content (AvgIpc) is 2.69. The minimum Gasteiger partial charge on any atom is -0.381 e. The number of hydrogen-bond acceptors (Lipinski definition) is 2. The molecule has 14 heavy (non-hydrogen) atoms. The number of benzene rings is 1. The molecule has 0 radical (unpaired) electrons. The molecule has 0 amide bonds. The third-order valence-corrected chi connectivity index (χ3v) is 3.38. The van der Waals surface area contributed by atoms with Crippen molar-refractivity contribution in [2.45, 2.75) is 12.5 Å². The van der Waals surface area contributed by atoms with E-state index in [-0.39, 0.29) is 6.04 Å². The molecule has 1 aromatic rings. The van der Waals surface area contributed by atoms with E-state index < -0.39 is 0 Å². The lowest BCUT2D eigenvalue weighted by Crippen LogP contribution is -2.21. The Kier molecular flexibility index (Phi) is 3.41. The van der Waals surface area contributed by atoms with Crippen molar-refractivity contribution < 1.29 is 4.74 Å². The Morgan fingerprint density at radius 1 is 1.50 bits per heavy atom. The lowest BCUT2D eigenvalue weighted by atomic mass is 9.93. The summed E-state index contributed by atoms with van der Waals surface area (Å²) >= 11 is 2.32. The summed E-state index contributed by atoms with van der Waals surface area (Å²) in [6.45, 7) is 1.68. The minimum atomic E-state index is 0.132. The second kappa shape index (κ2) is 4.59. The topological polar surface area (TPSA) is 35.2 Å². The van der Waals surface area contributed by atoms with Crippen molar-refractivity contribution in [3.8, 4) is 0 Å². The second-order valence-corrected chi connectivity index (χ2v) is 4.95. The van der Waals surface area contributed by atoms with Crippen molar-refractivity contribution in [1.82, 2.24) is 0 Å². The van der Waals surface area contributed by atoms with Crippen LogP contribution in [0.3, 0.4) is 0 Å². The number of ether oxygens (including phenoxy) is 1. The van der Waals surface area contributed by atoms with E-state index in [9.17, 15) is 0 Å². The second-order valence-electron chi connectivity index (χ2n) is 3.70. The first-order valence-corrected chi connectivity index (χ1v) is 5.94. The van der Waals surface area contributed by atoms with Gasteiger partial charge in [0.15, 0.2) is 0 Å². The lowest BCUT2D eigenvalue weighted by Gasteiger charge is -2.17. The molecule has 0 saturated carbocycles. The van der Waals surface area contributed by atoms with Crippen LogP contribution in [-0.4, -0.2) is 13.2 Å². The smallest absolute Gasteiger partial charge is 0.0513 e. The number of hydrogen-bond donors (Lipinski definition) is 1. The number of nitrogens with two attached hydrogens (primary N) is 1. The van der Waals surface area contributed by atoms with Gasteiger partial charge in [-0.2, -0.15) is 0 Å². The van der Waals surface area contributed by atoms with E-state index in [1.165, 1.54) is 9.13 Å².